The van der Waals surface area contributed by atoms with E-state index in [0.29, 0.717) is 0 Å². The number of anilines is 6. The van der Waals surface area contributed by atoms with Gasteiger partial charge in [0.25, 0.3) is 0 Å². The standard InChI is InChI=1S/C40H30N2/c1-29-23-27-38(42(34-19-11-5-12-20-34)35-21-13-6-14-22-35)36-26-24-31-25-28-37(30(2)40(31)39(29)36)41(32-15-7-3-8-16-32)33-17-9-4-10-18-33/h3-13,15-21,23-28H,1-2H3. The van der Waals surface area contributed by atoms with Crippen molar-refractivity contribution in [1.29, 1.82) is 0 Å². The van der Waals surface area contributed by atoms with Crippen LogP contribution in [0, 0.1) is 26.0 Å². The highest BCUT2D eigenvalue weighted by molar-refractivity contribution is 6.16. The van der Waals surface area contributed by atoms with Crippen LogP contribution in [0.1, 0.15) is 11.1 Å². The Labute approximate surface area is 247 Å². The maximum absolute atomic E-state index is 3.35. The lowest BCUT2D eigenvalue weighted by molar-refractivity contribution is 1.26. The molecule has 0 aliphatic rings. The van der Waals surface area contributed by atoms with Gasteiger partial charge in [0.05, 0.1) is 11.4 Å². The quantitative estimate of drug-likeness (QED) is 0.194. The lowest BCUT2D eigenvalue weighted by Gasteiger charge is -2.29. The topological polar surface area (TPSA) is 6.48 Å². The molecule has 0 heterocycles. The summed E-state index contributed by atoms with van der Waals surface area (Å²) in [6.45, 7) is 4.48. The first-order valence-corrected chi connectivity index (χ1v) is 14.3. The van der Waals surface area contributed by atoms with E-state index in [1.807, 2.05) is 12.1 Å². The minimum atomic E-state index is 0.957. The van der Waals surface area contributed by atoms with Gasteiger partial charge in [-0.25, -0.2) is 0 Å². The Bertz CT molecular complexity index is 1900. The van der Waals surface area contributed by atoms with Gasteiger partial charge in [-0.15, -0.1) is 0 Å². The molecule has 0 N–H and O–H groups in total. The first-order chi connectivity index (χ1) is 20.7. The zero-order valence-electron chi connectivity index (χ0n) is 23.8. The van der Waals surface area contributed by atoms with Crippen LogP contribution in [-0.4, -0.2) is 0 Å². The van der Waals surface area contributed by atoms with E-state index in [1.165, 1.54) is 38.4 Å². The molecular formula is C40H30N2. The van der Waals surface area contributed by atoms with Gasteiger partial charge < -0.3 is 9.80 Å². The molecule has 0 aliphatic heterocycles. The van der Waals surface area contributed by atoms with Crippen molar-refractivity contribution in [1.82, 2.24) is 0 Å². The minimum absolute atomic E-state index is 0.957. The highest BCUT2D eigenvalue weighted by Crippen LogP contribution is 2.45. The Morgan fingerprint density at radius 1 is 0.476 bits per heavy atom. The van der Waals surface area contributed by atoms with Crippen molar-refractivity contribution in [2.24, 2.45) is 0 Å². The van der Waals surface area contributed by atoms with Crippen LogP contribution in [-0.2, 0) is 0 Å². The van der Waals surface area contributed by atoms with Crippen molar-refractivity contribution < 1.29 is 0 Å². The summed E-state index contributed by atoms with van der Waals surface area (Å²) >= 11 is 0. The Balaban J connectivity index is 1.51. The molecule has 7 aromatic carbocycles. The van der Waals surface area contributed by atoms with Gasteiger partial charge in [0.1, 0.15) is 0 Å². The Hall–Kier alpha value is -5.52. The van der Waals surface area contributed by atoms with E-state index < -0.39 is 0 Å². The SMILES string of the molecule is Cc1c(N(c2ccccc2)c2ccccc2)ccc2ccc3c(N(c4c#cccc4)c4ccccc4)ccc(C)c3c12. The number of hydrogen-bond acceptors (Lipinski definition) is 2. The molecule has 42 heavy (non-hydrogen) atoms. The predicted octanol–water partition coefficient (Wildman–Crippen LogP) is 11.1. The third-order valence-electron chi connectivity index (χ3n) is 7.98. The Kier molecular flexibility index (Phi) is 6.55. The maximum Gasteiger partial charge on any atom is 0.0973 e. The lowest BCUT2D eigenvalue weighted by Crippen LogP contribution is -2.12. The molecule has 0 fully saturated rings. The second-order valence-corrected chi connectivity index (χ2v) is 10.6. The fourth-order valence-electron chi connectivity index (χ4n) is 6.06. The van der Waals surface area contributed by atoms with Crippen LogP contribution < -0.4 is 9.80 Å². The number of benzene rings is 6. The third kappa shape index (κ3) is 4.42. The van der Waals surface area contributed by atoms with E-state index in [9.17, 15) is 0 Å². The van der Waals surface area contributed by atoms with Crippen molar-refractivity contribution in [3.8, 4) is 0 Å². The van der Waals surface area contributed by atoms with Crippen LogP contribution >= 0.6 is 0 Å². The van der Waals surface area contributed by atoms with Gasteiger partial charge in [0.15, 0.2) is 0 Å². The second-order valence-electron chi connectivity index (χ2n) is 10.6. The van der Waals surface area contributed by atoms with E-state index in [1.54, 1.807) is 0 Å². The van der Waals surface area contributed by atoms with Crippen LogP contribution in [0.25, 0.3) is 21.5 Å². The first kappa shape index (κ1) is 25.4. The summed E-state index contributed by atoms with van der Waals surface area (Å²) in [6, 6.07) is 57.8. The number of nitrogens with zero attached hydrogens (tertiary/aromatic N) is 2. The van der Waals surface area contributed by atoms with E-state index >= 15 is 0 Å². The van der Waals surface area contributed by atoms with Crippen molar-refractivity contribution in [3.63, 3.8) is 0 Å². The van der Waals surface area contributed by atoms with Crippen molar-refractivity contribution in [3.05, 3.63) is 169 Å². The zero-order chi connectivity index (χ0) is 28.5. The smallest absolute Gasteiger partial charge is 0.0973 e. The van der Waals surface area contributed by atoms with Crippen LogP contribution in [0.4, 0.5) is 34.1 Å². The van der Waals surface area contributed by atoms with Crippen molar-refractivity contribution >= 4 is 55.7 Å². The van der Waals surface area contributed by atoms with E-state index in [4.69, 9.17) is 0 Å². The average molecular weight is 539 g/mol. The molecule has 0 saturated heterocycles. The average Bonchev–Trinajstić information content (AvgIpc) is 3.05. The van der Waals surface area contributed by atoms with Crippen LogP contribution in [0.2, 0.25) is 0 Å². The molecule has 0 spiro atoms. The molecule has 200 valence electrons. The summed E-state index contributed by atoms with van der Waals surface area (Å²) in [5.41, 5.74) is 9.10. The number of hydrogen-bond donors (Lipinski definition) is 0. The zero-order valence-corrected chi connectivity index (χ0v) is 23.8. The molecule has 0 saturated carbocycles. The maximum atomic E-state index is 3.35. The van der Waals surface area contributed by atoms with Gasteiger partial charge >= 0.3 is 0 Å². The Morgan fingerprint density at radius 2 is 1.05 bits per heavy atom. The molecule has 2 nitrogen and oxygen atoms in total. The fourth-order valence-corrected chi connectivity index (χ4v) is 6.06. The van der Waals surface area contributed by atoms with Crippen LogP contribution in [0.15, 0.2) is 146 Å². The second kappa shape index (κ2) is 10.8. The molecule has 0 amide bonds. The van der Waals surface area contributed by atoms with E-state index in [-0.39, 0.29) is 0 Å². The molecular weight excluding hydrogens is 508 g/mol. The summed E-state index contributed by atoms with van der Waals surface area (Å²) in [5.74, 6) is 0. The normalized spacial score (nSPS) is 10.9. The molecule has 0 radical (unpaired) electrons. The number of aryl methyl sites for hydroxylation is 2. The molecule has 7 rings (SSSR count). The monoisotopic (exact) mass is 538 g/mol. The molecule has 0 unspecified atom stereocenters. The van der Waals surface area contributed by atoms with Gasteiger partial charge in [-0.05, 0) is 108 Å². The highest BCUT2D eigenvalue weighted by Gasteiger charge is 2.20. The fraction of sp³-hybridized carbons (Fsp3) is 0.0500. The summed E-state index contributed by atoms with van der Waals surface area (Å²) < 4.78 is 0. The minimum Gasteiger partial charge on any atom is -0.310 e. The van der Waals surface area contributed by atoms with Gasteiger partial charge in [-0.2, -0.15) is 0 Å². The number of fused-ring (bicyclic) bond motifs is 3. The van der Waals surface area contributed by atoms with Crippen molar-refractivity contribution in [2.75, 3.05) is 9.80 Å². The predicted molar refractivity (Wildman–Crippen MR) is 178 cm³/mol. The Morgan fingerprint density at radius 3 is 1.64 bits per heavy atom. The van der Waals surface area contributed by atoms with Gasteiger partial charge in [-0.1, -0.05) is 91.0 Å². The highest BCUT2D eigenvalue weighted by atomic mass is 15.1. The lowest BCUT2D eigenvalue weighted by atomic mass is 9.92. The van der Waals surface area contributed by atoms with Gasteiger partial charge in [0.2, 0.25) is 0 Å². The summed E-state index contributed by atoms with van der Waals surface area (Å²) in [4.78, 5) is 4.64. The number of para-hydroxylation sites is 3. The summed E-state index contributed by atoms with van der Waals surface area (Å²) in [5, 5.41) is 4.98. The first-order valence-electron chi connectivity index (χ1n) is 14.3. The summed E-state index contributed by atoms with van der Waals surface area (Å²) in [7, 11) is 0. The summed E-state index contributed by atoms with van der Waals surface area (Å²) in [6.07, 6.45) is 0. The molecule has 0 aromatic heterocycles. The largest absolute Gasteiger partial charge is 0.310 e. The van der Waals surface area contributed by atoms with Crippen LogP contribution in [0.5, 0.6) is 0 Å². The molecule has 0 bridgehead atoms. The van der Waals surface area contributed by atoms with Crippen LogP contribution in [0.3, 0.4) is 0 Å². The molecule has 7 aromatic rings. The van der Waals surface area contributed by atoms with E-state index in [2.05, 4.69) is 169 Å². The van der Waals surface area contributed by atoms with Gasteiger partial charge in [0, 0.05) is 28.1 Å². The van der Waals surface area contributed by atoms with Gasteiger partial charge in [-0.3, -0.25) is 0 Å². The molecule has 0 aliphatic carbocycles. The molecule has 2 heteroatoms. The third-order valence-corrected chi connectivity index (χ3v) is 7.98. The molecule has 0 atom stereocenters. The van der Waals surface area contributed by atoms with E-state index in [0.717, 1.165) is 28.4 Å². The number of rotatable bonds is 6. The van der Waals surface area contributed by atoms with Crippen molar-refractivity contribution in [2.45, 2.75) is 13.8 Å².